The van der Waals surface area contributed by atoms with Gasteiger partial charge in [0.15, 0.2) is 5.82 Å². The van der Waals surface area contributed by atoms with Gasteiger partial charge in [0.1, 0.15) is 17.7 Å². The zero-order valence-corrected chi connectivity index (χ0v) is 22.8. The molecule has 0 saturated heterocycles. The number of carbonyl (C=O) groups is 1. The number of aliphatic imine (C=N–C) groups is 1. The van der Waals surface area contributed by atoms with Gasteiger partial charge in [0.05, 0.1) is 5.56 Å². The van der Waals surface area contributed by atoms with E-state index in [4.69, 9.17) is 0 Å². The number of amides is 1. The van der Waals surface area contributed by atoms with E-state index in [2.05, 4.69) is 57.3 Å². The van der Waals surface area contributed by atoms with Crippen LogP contribution >= 0.6 is 0 Å². The van der Waals surface area contributed by atoms with Gasteiger partial charge in [0, 0.05) is 30.3 Å². The van der Waals surface area contributed by atoms with Crippen LogP contribution < -0.4 is 16.0 Å². The second-order valence-corrected chi connectivity index (χ2v) is 8.71. The number of aromatic nitrogens is 3. The van der Waals surface area contributed by atoms with E-state index in [1.807, 2.05) is 57.2 Å². The summed E-state index contributed by atoms with van der Waals surface area (Å²) in [5.41, 5.74) is 6.46. The number of rotatable bonds is 12. The highest BCUT2D eigenvalue weighted by Gasteiger charge is 2.18. The second-order valence-electron chi connectivity index (χ2n) is 8.71. The number of carbonyl (C=O) groups excluding carboxylic acids is 1. The molecular formula is C31H35N7O. The number of nitrogens with one attached hydrogen (secondary N) is 3. The number of benzene rings is 1. The highest BCUT2D eigenvalue weighted by Crippen LogP contribution is 2.28. The molecule has 3 rings (SSSR count). The van der Waals surface area contributed by atoms with E-state index in [1.165, 1.54) is 12.5 Å². The van der Waals surface area contributed by atoms with E-state index in [0.29, 0.717) is 35.9 Å². The van der Waals surface area contributed by atoms with E-state index in [1.54, 1.807) is 22.9 Å². The standard InChI is InChI=1S/C31H35N7O/c1-8-12-13-24(9-2)16-17-33-31(39)26-19-38-29(22(26)6)30(34-20-35-38)37-27-18-25(15-14-21(27)5)23(7)36-28(10-3)32-11-4/h8-15,18-20H,2-4,7,16-17H2,1,5-6H3,(H,32,36)(H,33,39)(H,34,35,37)/b12-8-,24-13+. The SMILES string of the molecule is C=CN=C(C=C)NC(=C)c1ccc(C)c(Nc2ncnn3cc(C(=O)NCC/C(C=C)=C/C=C\C)c(C)c23)c1. The summed E-state index contributed by atoms with van der Waals surface area (Å²) in [6.45, 7) is 21.7. The number of aryl methyl sites for hydroxylation is 2. The zero-order chi connectivity index (χ0) is 28.4. The molecule has 0 aliphatic heterocycles. The Morgan fingerprint density at radius 3 is 2.67 bits per heavy atom. The molecule has 8 heteroatoms. The lowest BCUT2D eigenvalue weighted by molar-refractivity contribution is 0.0953. The summed E-state index contributed by atoms with van der Waals surface area (Å²) in [7, 11) is 0. The molecule has 200 valence electrons. The predicted molar refractivity (Wildman–Crippen MR) is 162 cm³/mol. The molecule has 0 radical (unpaired) electrons. The fraction of sp³-hybridized carbons (Fsp3) is 0.161. The van der Waals surface area contributed by atoms with Crippen LogP contribution in [0.25, 0.3) is 11.2 Å². The average Bonchev–Trinajstić information content (AvgIpc) is 3.28. The maximum absolute atomic E-state index is 13.0. The van der Waals surface area contributed by atoms with Crippen molar-refractivity contribution in [2.45, 2.75) is 27.2 Å². The molecule has 0 unspecified atom stereocenters. The van der Waals surface area contributed by atoms with Gasteiger partial charge in [-0.25, -0.2) is 14.5 Å². The third kappa shape index (κ3) is 7.07. The Morgan fingerprint density at radius 1 is 1.18 bits per heavy atom. The maximum Gasteiger partial charge on any atom is 0.253 e. The lowest BCUT2D eigenvalue weighted by Crippen LogP contribution is -2.24. The van der Waals surface area contributed by atoms with E-state index < -0.39 is 0 Å². The predicted octanol–water partition coefficient (Wildman–Crippen LogP) is 6.19. The lowest BCUT2D eigenvalue weighted by atomic mass is 10.1. The highest BCUT2D eigenvalue weighted by molar-refractivity contribution is 6.00. The van der Waals surface area contributed by atoms with Crippen LogP contribution in [0.1, 0.15) is 40.4 Å². The van der Waals surface area contributed by atoms with Crippen molar-refractivity contribution in [3.8, 4) is 0 Å². The summed E-state index contributed by atoms with van der Waals surface area (Å²) in [5.74, 6) is 0.966. The molecule has 2 aromatic heterocycles. The Morgan fingerprint density at radius 2 is 1.97 bits per heavy atom. The van der Waals surface area contributed by atoms with Crippen LogP contribution in [0.3, 0.4) is 0 Å². The molecule has 1 aromatic carbocycles. The molecule has 8 nitrogen and oxygen atoms in total. The van der Waals surface area contributed by atoms with Crippen molar-refractivity contribution >= 4 is 34.5 Å². The summed E-state index contributed by atoms with van der Waals surface area (Å²) < 4.78 is 1.67. The minimum Gasteiger partial charge on any atom is -0.352 e. The molecule has 3 N–H and O–H groups in total. The molecule has 3 aromatic rings. The molecule has 39 heavy (non-hydrogen) atoms. The smallest absolute Gasteiger partial charge is 0.253 e. The maximum atomic E-state index is 13.0. The molecule has 0 aliphatic rings. The van der Waals surface area contributed by atoms with Gasteiger partial charge in [0.25, 0.3) is 5.91 Å². The number of fused-ring (bicyclic) bond motifs is 1. The normalized spacial score (nSPS) is 11.9. The van der Waals surface area contributed by atoms with Gasteiger partial charge in [-0.15, -0.1) is 0 Å². The number of anilines is 2. The molecule has 0 atom stereocenters. The molecule has 0 fully saturated rings. The first-order chi connectivity index (χ1) is 18.8. The monoisotopic (exact) mass is 521 g/mol. The Hall–Kier alpha value is -4.98. The molecular weight excluding hydrogens is 486 g/mol. The fourth-order valence-electron chi connectivity index (χ4n) is 3.90. The van der Waals surface area contributed by atoms with Gasteiger partial charge in [0.2, 0.25) is 0 Å². The van der Waals surface area contributed by atoms with Crippen molar-refractivity contribution in [2.24, 2.45) is 4.99 Å². The molecule has 1 amide bonds. The molecule has 2 heterocycles. The van der Waals surface area contributed by atoms with Crippen molar-refractivity contribution in [1.29, 1.82) is 0 Å². The molecule has 0 saturated carbocycles. The van der Waals surface area contributed by atoms with Crippen LogP contribution in [0.2, 0.25) is 0 Å². The molecule has 0 bridgehead atoms. The Bertz CT molecular complexity index is 1500. The van der Waals surface area contributed by atoms with Gasteiger partial charge >= 0.3 is 0 Å². The van der Waals surface area contributed by atoms with Crippen LogP contribution in [0.5, 0.6) is 0 Å². The van der Waals surface area contributed by atoms with E-state index >= 15 is 0 Å². The van der Waals surface area contributed by atoms with Gasteiger partial charge in [-0.05, 0) is 61.6 Å². The highest BCUT2D eigenvalue weighted by atomic mass is 16.1. The lowest BCUT2D eigenvalue weighted by Gasteiger charge is -2.14. The van der Waals surface area contributed by atoms with Crippen LogP contribution in [-0.4, -0.2) is 32.9 Å². The van der Waals surface area contributed by atoms with Crippen LogP contribution in [0.15, 0.2) is 104 Å². The van der Waals surface area contributed by atoms with Gasteiger partial charge in [-0.1, -0.05) is 62.8 Å². The summed E-state index contributed by atoms with van der Waals surface area (Å²) in [5, 5.41) is 13.9. The van der Waals surface area contributed by atoms with Crippen molar-refractivity contribution in [2.75, 3.05) is 11.9 Å². The van der Waals surface area contributed by atoms with Crippen LogP contribution in [0.4, 0.5) is 11.5 Å². The van der Waals surface area contributed by atoms with Crippen molar-refractivity contribution in [3.05, 3.63) is 121 Å². The Labute approximate surface area is 230 Å². The number of nitrogens with zero attached hydrogens (tertiary/aromatic N) is 4. The number of amidine groups is 1. The Balaban J connectivity index is 1.84. The summed E-state index contributed by atoms with van der Waals surface area (Å²) in [6, 6.07) is 5.94. The number of hydrogen-bond donors (Lipinski definition) is 3. The van der Waals surface area contributed by atoms with Crippen molar-refractivity contribution in [1.82, 2.24) is 25.2 Å². The first-order valence-corrected chi connectivity index (χ1v) is 12.5. The third-order valence-electron chi connectivity index (χ3n) is 6.08. The number of allylic oxidation sites excluding steroid dienone is 4. The topological polar surface area (TPSA) is 95.7 Å². The van der Waals surface area contributed by atoms with Crippen molar-refractivity contribution in [3.63, 3.8) is 0 Å². The quantitative estimate of drug-likeness (QED) is 0.150. The van der Waals surface area contributed by atoms with E-state index in [9.17, 15) is 4.79 Å². The van der Waals surface area contributed by atoms with E-state index in [-0.39, 0.29) is 5.91 Å². The average molecular weight is 522 g/mol. The second kappa shape index (κ2) is 13.5. The van der Waals surface area contributed by atoms with Crippen molar-refractivity contribution < 1.29 is 4.79 Å². The summed E-state index contributed by atoms with van der Waals surface area (Å²) >= 11 is 0. The summed E-state index contributed by atoms with van der Waals surface area (Å²) in [6.07, 6.45) is 14.6. The van der Waals surface area contributed by atoms with Gasteiger partial charge in [-0.3, -0.25) is 4.79 Å². The first-order valence-electron chi connectivity index (χ1n) is 12.5. The largest absolute Gasteiger partial charge is 0.352 e. The minimum absolute atomic E-state index is 0.168. The Kier molecular flexibility index (Phi) is 9.92. The third-order valence-corrected chi connectivity index (χ3v) is 6.08. The summed E-state index contributed by atoms with van der Waals surface area (Å²) in [4.78, 5) is 21.6. The van der Waals surface area contributed by atoms with Gasteiger partial charge in [-0.2, -0.15) is 5.10 Å². The van der Waals surface area contributed by atoms with E-state index in [0.717, 1.165) is 33.5 Å². The first kappa shape index (κ1) is 28.6. The molecule has 0 aliphatic carbocycles. The molecule has 0 spiro atoms. The number of hydrogen-bond acceptors (Lipinski definition) is 5. The van der Waals surface area contributed by atoms with Crippen LogP contribution in [0, 0.1) is 13.8 Å². The van der Waals surface area contributed by atoms with Crippen LogP contribution in [-0.2, 0) is 0 Å². The fourth-order valence-corrected chi connectivity index (χ4v) is 3.90. The minimum atomic E-state index is -0.168. The zero-order valence-electron chi connectivity index (χ0n) is 22.8. The van der Waals surface area contributed by atoms with Gasteiger partial charge < -0.3 is 16.0 Å².